The van der Waals surface area contributed by atoms with Crippen molar-refractivity contribution in [2.45, 2.75) is 46.0 Å². The molecule has 0 fully saturated rings. The molecular formula is C16H27O2P. The molecule has 108 valence electrons. The van der Waals surface area contributed by atoms with E-state index in [0.717, 1.165) is 38.6 Å². The van der Waals surface area contributed by atoms with Gasteiger partial charge in [0.2, 0.25) is 0 Å². The Kier molecular flexibility index (Phi) is 9.98. The highest BCUT2D eigenvalue weighted by atomic mass is 31.2. The molecule has 0 saturated heterocycles. The number of hydrogen-bond acceptors (Lipinski definition) is 2. The van der Waals surface area contributed by atoms with Crippen molar-refractivity contribution in [3.8, 4) is 0 Å². The zero-order chi connectivity index (χ0) is 13.8. The monoisotopic (exact) mass is 282 g/mol. The third-order valence-electron chi connectivity index (χ3n) is 2.89. The summed E-state index contributed by atoms with van der Waals surface area (Å²) in [5.41, 5.74) is 1.37. The molecule has 0 atom stereocenters. The second-order valence-corrected chi connectivity index (χ2v) is 6.29. The van der Waals surface area contributed by atoms with E-state index in [0.29, 0.717) is 0 Å². The van der Waals surface area contributed by atoms with Crippen LogP contribution in [0, 0.1) is 0 Å². The Morgan fingerprint density at radius 1 is 0.895 bits per heavy atom. The smallest absolute Gasteiger partial charge is 0.170 e. The van der Waals surface area contributed by atoms with E-state index in [1.54, 1.807) is 0 Å². The minimum Gasteiger partial charge on any atom is -0.334 e. The Morgan fingerprint density at radius 3 is 2.00 bits per heavy atom. The van der Waals surface area contributed by atoms with Crippen molar-refractivity contribution in [3.05, 3.63) is 35.9 Å². The number of rotatable bonds is 11. The third kappa shape index (κ3) is 8.36. The number of benzene rings is 1. The van der Waals surface area contributed by atoms with E-state index in [1.165, 1.54) is 18.4 Å². The van der Waals surface area contributed by atoms with E-state index < -0.39 is 8.38 Å². The van der Waals surface area contributed by atoms with E-state index in [2.05, 4.69) is 44.2 Å². The maximum Gasteiger partial charge on any atom is 0.170 e. The van der Waals surface area contributed by atoms with Gasteiger partial charge in [-0.1, -0.05) is 57.0 Å². The Bertz CT molecular complexity index is 293. The maximum absolute atomic E-state index is 5.89. The van der Waals surface area contributed by atoms with Gasteiger partial charge in [0, 0.05) is 6.16 Å². The Balaban J connectivity index is 2.30. The average Bonchev–Trinajstić information content (AvgIpc) is 2.45. The molecule has 1 rings (SSSR count). The van der Waals surface area contributed by atoms with E-state index in [-0.39, 0.29) is 0 Å². The molecule has 2 nitrogen and oxygen atoms in total. The Labute approximate surface area is 119 Å². The molecule has 0 aliphatic carbocycles. The number of unbranched alkanes of at least 4 members (excludes halogenated alkanes) is 2. The van der Waals surface area contributed by atoms with Crippen molar-refractivity contribution in [1.82, 2.24) is 0 Å². The molecule has 0 radical (unpaired) electrons. The van der Waals surface area contributed by atoms with Gasteiger partial charge in [-0.15, -0.1) is 0 Å². The van der Waals surface area contributed by atoms with Crippen molar-refractivity contribution in [1.29, 1.82) is 0 Å². The summed E-state index contributed by atoms with van der Waals surface area (Å²) in [4.78, 5) is 0. The number of aryl methyl sites for hydroxylation is 1. The first-order valence-corrected chi connectivity index (χ1v) is 8.80. The van der Waals surface area contributed by atoms with Gasteiger partial charge < -0.3 is 9.05 Å². The van der Waals surface area contributed by atoms with E-state index in [1.807, 2.05) is 0 Å². The van der Waals surface area contributed by atoms with Crippen LogP contribution in [-0.2, 0) is 15.5 Å². The van der Waals surface area contributed by atoms with Crippen LogP contribution in [0.4, 0.5) is 0 Å². The van der Waals surface area contributed by atoms with Gasteiger partial charge in [-0.2, -0.15) is 0 Å². The van der Waals surface area contributed by atoms with Gasteiger partial charge in [0.05, 0.1) is 13.2 Å². The molecule has 0 bridgehead atoms. The topological polar surface area (TPSA) is 18.5 Å². The molecule has 0 spiro atoms. The number of hydrogen-bond donors (Lipinski definition) is 0. The molecule has 0 N–H and O–H groups in total. The van der Waals surface area contributed by atoms with Gasteiger partial charge in [0.25, 0.3) is 0 Å². The molecule has 1 aromatic rings. The van der Waals surface area contributed by atoms with Crippen molar-refractivity contribution in [3.63, 3.8) is 0 Å². The molecule has 3 heteroatoms. The van der Waals surface area contributed by atoms with Crippen LogP contribution >= 0.6 is 8.38 Å². The second-order valence-electron chi connectivity index (χ2n) is 4.67. The molecule has 0 saturated carbocycles. The summed E-state index contributed by atoms with van der Waals surface area (Å²) in [5.74, 6) is 0. The highest BCUT2D eigenvalue weighted by molar-refractivity contribution is 7.47. The van der Waals surface area contributed by atoms with Gasteiger partial charge in [-0.05, 0) is 24.8 Å². The van der Waals surface area contributed by atoms with Crippen LogP contribution in [0.2, 0.25) is 0 Å². The third-order valence-corrected chi connectivity index (χ3v) is 4.42. The van der Waals surface area contributed by atoms with Gasteiger partial charge in [-0.25, -0.2) is 0 Å². The molecular weight excluding hydrogens is 255 g/mol. The molecule has 19 heavy (non-hydrogen) atoms. The molecule has 0 aromatic heterocycles. The molecule has 0 heterocycles. The summed E-state index contributed by atoms with van der Waals surface area (Å²) in [6, 6.07) is 10.6. The first-order chi connectivity index (χ1) is 9.36. The Morgan fingerprint density at radius 2 is 1.47 bits per heavy atom. The molecule has 0 aliphatic heterocycles. The van der Waals surface area contributed by atoms with E-state index >= 15 is 0 Å². The molecule has 0 amide bonds. The summed E-state index contributed by atoms with van der Waals surface area (Å²) in [6.45, 7) is 6.05. The Hall–Kier alpha value is -0.430. The van der Waals surface area contributed by atoms with Gasteiger partial charge in [0.15, 0.2) is 8.38 Å². The fraction of sp³-hybridized carbons (Fsp3) is 0.625. The summed E-state index contributed by atoms with van der Waals surface area (Å²) in [7, 11) is -0.708. The zero-order valence-electron chi connectivity index (χ0n) is 12.3. The molecule has 0 aliphatic rings. The highest BCUT2D eigenvalue weighted by Crippen LogP contribution is 2.39. The van der Waals surface area contributed by atoms with Crippen molar-refractivity contribution in [2.24, 2.45) is 0 Å². The fourth-order valence-electron chi connectivity index (χ4n) is 1.65. The zero-order valence-corrected chi connectivity index (χ0v) is 13.2. The minimum atomic E-state index is -0.708. The van der Waals surface area contributed by atoms with Crippen LogP contribution < -0.4 is 0 Å². The van der Waals surface area contributed by atoms with Gasteiger partial charge in [0.1, 0.15) is 0 Å². The van der Waals surface area contributed by atoms with Crippen molar-refractivity contribution in [2.75, 3.05) is 19.4 Å². The lowest BCUT2D eigenvalue weighted by Gasteiger charge is -2.17. The maximum atomic E-state index is 5.89. The highest BCUT2D eigenvalue weighted by Gasteiger charge is 2.10. The van der Waals surface area contributed by atoms with Crippen LogP contribution in [-0.4, -0.2) is 19.4 Å². The average molecular weight is 282 g/mol. The second kappa shape index (κ2) is 11.4. The normalized spacial score (nSPS) is 11.1. The lowest BCUT2D eigenvalue weighted by atomic mass is 10.2. The SMILES string of the molecule is CCCCOP(CCc1ccccc1)OCCCC. The lowest BCUT2D eigenvalue weighted by Crippen LogP contribution is -2.01. The van der Waals surface area contributed by atoms with Gasteiger partial charge >= 0.3 is 0 Å². The van der Waals surface area contributed by atoms with Crippen LogP contribution in [0.1, 0.15) is 45.1 Å². The van der Waals surface area contributed by atoms with Crippen molar-refractivity contribution >= 4 is 8.38 Å². The predicted octanol–water partition coefficient (Wildman–Crippen LogP) is 5.17. The molecule has 0 unspecified atom stereocenters. The van der Waals surface area contributed by atoms with E-state index in [9.17, 15) is 0 Å². The van der Waals surface area contributed by atoms with Crippen molar-refractivity contribution < 1.29 is 9.05 Å². The van der Waals surface area contributed by atoms with Gasteiger partial charge in [-0.3, -0.25) is 0 Å². The first-order valence-electron chi connectivity index (χ1n) is 7.44. The fourth-order valence-corrected chi connectivity index (χ4v) is 3.09. The largest absolute Gasteiger partial charge is 0.334 e. The van der Waals surface area contributed by atoms with Crippen LogP contribution in [0.25, 0.3) is 0 Å². The minimum absolute atomic E-state index is 0.708. The quantitative estimate of drug-likeness (QED) is 0.411. The van der Waals surface area contributed by atoms with Crippen LogP contribution in [0.5, 0.6) is 0 Å². The summed E-state index contributed by atoms with van der Waals surface area (Å²) >= 11 is 0. The summed E-state index contributed by atoms with van der Waals surface area (Å²) < 4.78 is 11.8. The first kappa shape index (κ1) is 16.6. The lowest BCUT2D eigenvalue weighted by molar-refractivity contribution is 0.243. The van der Waals surface area contributed by atoms with Crippen LogP contribution in [0.15, 0.2) is 30.3 Å². The van der Waals surface area contributed by atoms with E-state index in [4.69, 9.17) is 9.05 Å². The summed E-state index contributed by atoms with van der Waals surface area (Å²) in [5, 5.41) is 0. The van der Waals surface area contributed by atoms with Crippen LogP contribution in [0.3, 0.4) is 0 Å². The standard InChI is InChI=1S/C16H27O2P/c1-3-5-13-17-19(18-14-6-4-2)15-12-16-10-8-7-9-11-16/h7-11H,3-6,12-15H2,1-2H3. The summed E-state index contributed by atoms with van der Waals surface area (Å²) in [6.07, 6.45) is 6.66. The molecule has 1 aromatic carbocycles. The predicted molar refractivity (Wildman–Crippen MR) is 83.7 cm³/mol.